The minimum atomic E-state index is 0.185. The number of anilines is 1. The molecule has 1 aromatic rings. The van der Waals surface area contributed by atoms with Crippen LogP contribution in [0.5, 0.6) is 0 Å². The fraction of sp³-hybridized carbons (Fsp3) is 0.545. The molecular weight excluding hydrogens is 174 g/mol. The van der Waals surface area contributed by atoms with Crippen molar-refractivity contribution in [3.8, 4) is 0 Å². The van der Waals surface area contributed by atoms with E-state index in [1.807, 2.05) is 27.3 Å². The van der Waals surface area contributed by atoms with Crippen LogP contribution in [0.4, 0.5) is 5.69 Å². The molecule has 0 aromatic carbocycles. The normalized spacial score (nSPS) is 17.9. The maximum Gasteiger partial charge on any atom is 0.0607 e. The van der Waals surface area contributed by atoms with Gasteiger partial charge in [0.05, 0.1) is 23.1 Å². The quantitative estimate of drug-likeness (QED) is 0.782. The maximum atomic E-state index is 4.50. The zero-order valence-corrected chi connectivity index (χ0v) is 9.04. The van der Waals surface area contributed by atoms with Crippen molar-refractivity contribution in [1.29, 1.82) is 0 Å². The van der Waals surface area contributed by atoms with Crippen molar-refractivity contribution in [3.05, 3.63) is 24.0 Å². The molecular formula is C11H17N3. The molecule has 0 aliphatic heterocycles. The Morgan fingerprint density at radius 3 is 2.43 bits per heavy atom. The molecule has 1 saturated carbocycles. The van der Waals surface area contributed by atoms with Gasteiger partial charge < -0.3 is 10.2 Å². The average molecular weight is 191 g/mol. The molecule has 0 unspecified atom stereocenters. The lowest BCUT2D eigenvalue weighted by atomic mass is 10.1. The first-order chi connectivity index (χ1) is 6.68. The fourth-order valence-corrected chi connectivity index (χ4v) is 1.69. The van der Waals surface area contributed by atoms with Crippen LogP contribution in [-0.4, -0.2) is 26.1 Å². The highest BCUT2D eigenvalue weighted by Crippen LogP contribution is 2.44. The molecule has 1 aliphatic rings. The van der Waals surface area contributed by atoms with E-state index in [4.69, 9.17) is 0 Å². The highest BCUT2D eigenvalue weighted by molar-refractivity contribution is 5.44. The number of pyridine rings is 1. The van der Waals surface area contributed by atoms with Crippen LogP contribution in [-0.2, 0) is 5.54 Å². The first-order valence-electron chi connectivity index (χ1n) is 5.01. The first kappa shape index (κ1) is 9.46. The van der Waals surface area contributed by atoms with E-state index in [2.05, 4.69) is 27.3 Å². The summed E-state index contributed by atoms with van der Waals surface area (Å²) < 4.78 is 0. The van der Waals surface area contributed by atoms with Gasteiger partial charge in [-0.25, -0.2) is 0 Å². The second kappa shape index (κ2) is 3.24. The number of aromatic nitrogens is 1. The van der Waals surface area contributed by atoms with E-state index < -0.39 is 0 Å². The van der Waals surface area contributed by atoms with Gasteiger partial charge in [-0.1, -0.05) is 0 Å². The number of hydrogen-bond donors (Lipinski definition) is 1. The monoisotopic (exact) mass is 191 g/mol. The van der Waals surface area contributed by atoms with E-state index in [9.17, 15) is 0 Å². The van der Waals surface area contributed by atoms with Crippen molar-refractivity contribution in [2.24, 2.45) is 0 Å². The predicted octanol–water partition coefficient (Wildman–Crippen LogP) is 1.36. The molecule has 14 heavy (non-hydrogen) atoms. The lowest BCUT2D eigenvalue weighted by Crippen LogP contribution is -2.25. The molecule has 3 nitrogen and oxygen atoms in total. The van der Waals surface area contributed by atoms with Gasteiger partial charge in [0, 0.05) is 14.1 Å². The second-order valence-corrected chi connectivity index (χ2v) is 4.13. The summed E-state index contributed by atoms with van der Waals surface area (Å²) in [5.74, 6) is 0. The van der Waals surface area contributed by atoms with Crippen LogP contribution in [0.2, 0.25) is 0 Å². The van der Waals surface area contributed by atoms with Crippen molar-refractivity contribution in [2.45, 2.75) is 18.4 Å². The van der Waals surface area contributed by atoms with E-state index in [0.29, 0.717) is 0 Å². The van der Waals surface area contributed by atoms with Crippen LogP contribution >= 0.6 is 0 Å². The van der Waals surface area contributed by atoms with Crippen molar-refractivity contribution in [1.82, 2.24) is 10.3 Å². The Hall–Kier alpha value is -1.09. The van der Waals surface area contributed by atoms with Gasteiger partial charge in [0.15, 0.2) is 0 Å². The minimum Gasteiger partial charge on any atom is -0.376 e. The van der Waals surface area contributed by atoms with Crippen molar-refractivity contribution in [2.75, 3.05) is 26.0 Å². The van der Waals surface area contributed by atoms with Crippen LogP contribution in [0.15, 0.2) is 18.3 Å². The number of hydrogen-bond acceptors (Lipinski definition) is 3. The van der Waals surface area contributed by atoms with E-state index in [1.54, 1.807) is 0 Å². The third kappa shape index (κ3) is 1.48. The highest BCUT2D eigenvalue weighted by atomic mass is 15.1. The van der Waals surface area contributed by atoms with Gasteiger partial charge >= 0.3 is 0 Å². The molecule has 0 amide bonds. The van der Waals surface area contributed by atoms with E-state index in [0.717, 1.165) is 5.69 Å². The zero-order chi connectivity index (χ0) is 10.2. The van der Waals surface area contributed by atoms with Gasteiger partial charge in [0.25, 0.3) is 0 Å². The van der Waals surface area contributed by atoms with E-state index >= 15 is 0 Å². The van der Waals surface area contributed by atoms with Crippen molar-refractivity contribution in [3.63, 3.8) is 0 Å². The Labute approximate surface area is 85.1 Å². The van der Waals surface area contributed by atoms with E-state index in [-0.39, 0.29) is 5.54 Å². The van der Waals surface area contributed by atoms with E-state index in [1.165, 1.54) is 18.5 Å². The Kier molecular flexibility index (Phi) is 2.19. The number of nitrogens with one attached hydrogen (secondary N) is 1. The van der Waals surface area contributed by atoms with Gasteiger partial charge in [-0.15, -0.1) is 0 Å². The van der Waals surface area contributed by atoms with Crippen molar-refractivity contribution >= 4 is 5.69 Å². The van der Waals surface area contributed by atoms with Crippen molar-refractivity contribution < 1.29 is 0 Å². The maximum absolute atomic E-state index is 4.50. The molecule has 76 valence electrons. The molecule has 1 heterocycles. The zero-order valence-electron chi connectivity index (χ0n) is 9.04. The summed E-state index contributed by atoms with van der Waals surface area (Å²) in [4.78, 5) is 6.57. The molecule has 3 heteroatoms. The summed E-state index contributed by atoms with van der Waals surface area (Å²) in [7, 11) is 6.07. The van der Waals surface area contributed by atoms with Gasteiger partial charge in [0.1, 0.15) is 0 Å². The Morgan fingerprint density at radius 1 is 1.36 bits per heavy atom. The highest BCUT2D eigenvalue weighted by Gasteiger charge is 2.43. The second-order valence-electron chi connectivity index (χ2n) is 4.13. The average Bonchev–Trinajstić information content (AvgIpc) is 2.99. The molecule has 2 rings (SSSR count). The van der Waals surface area contributed by atoms with Gasteiger partial charge in [-0.3, -0.25) is 4.98 Å². The number of rotatable bonds is 3. The SMILES string of the molecule is CNC1(c2ccc(N(C)C)cn2)CC1. The summed E-state index contributed by atoms with van der Waals surface area (Å²) in [5, 5.41) is 3.34. The first-order valence-corrected chi connectivity index (χ1v) is 5.01. The van der Waals surface area contributed by atoms with Gasteiger partial charge in [-0.2, -0.15) is 0 Å². The lowest BCUT2D eigenvalue weighted by Gasteiger charge is -2.16. The van der Waals surface area contributed by atoms with Gasteiger partial charge in [-0.05, 0) is 32.0 Å². The Bertz CT molecular complexity index is 312. The smallest absolute Gasteiger partial charge is 0.0607 e. The molecule has 0 bridgehead atoms. The van der Waals surface area contributed by atoms with Crippen LogP contribution in [0, 0.1) is 0 Å². The summed E-state index contributed by atoms with van der Waals surface area (Å²) in [6.45, 7) is 0. The van der Waals surface area contributed by atoms with Crippen LogP contribution < -0.4 is 10.2 Å². The fourth-order valence-electron chi connectivity index (χ4n) is 1.69. The molecule has 0 saturated heterocycles. The molecule has 1 aliphatic carbocycles. The van der Waals surface area contributed by atoms with Crippen LogP contribution in [0.3, 0.4) is 0 Å². The lowest BCUT2D eigenvalue weighted by molar-refractivity contribution is 0.567. The summed E-state index contributed by atoms with van der Waals surface area (Å²) >= 11 is 0. The largest absolute Gasteiger partial charge is 0.376 e. The summed E-state index contributed by atoms with van der Waals surface area (Å²) in [6.07, 6.45) is 4.35. The standard InChI is InChI=1S/C11H17N3/c1-12-11(6-7-11)10-5-4-9(8-13-10)14(2)3/h4-5,8,12H,6-7H2,1-3H3. The van der Waals surface area contributed by atoms with Crippen LogP contribution in [0.1, 0.15) is 18.5 Å². The minimum absolute atomic E-state index is 0.185. The Morgan fingerprint density at radius 2 is 2.07 bits per heavy atom. The molecule has 0 spiro atoms. The third-order valence-corrected chi connectivity index (χ3v) is 2.98. The molecule has 1 fully saturated rings. The topological polar surface area (TPSA) is 28.2 Å². The summed E-state index contributed by atoms with van der Waals surface area (Å²) in [6, 6.07) is 4.25. The number of nitrogens with zero attached hydrogens (tertiary/aromatic N) is 2. The third-order valence-electron chi connectivity index (χ3n) is 2.98. The molecule has 1 aromatic heterocycles. The predicted molar refractivity (Wildman–Crippen MR) is 58.5 cm³/mol. The molecule has 1 N–H and O–H groups in total. The summed E-state index contributed by atoms with van der Waals surface area (Å²) in [5.41, 5.74) is 2.51. The molecule has 0 atom stereocenters. The molecule has 0 radical (unpaired) electrons. The van der Waals surface area contributed by atoms with Crippen LogP contribution in [0.25, 0.3) is 0 Å². The Balaban J connectivity index is 2.22. The van der Waals surface area contributed by atoms with Gasteiger partial charge in [0.2, 0.25) is 0 Å².